The minimum absolute atomic E-state index is 0.235. The highest BCUT2D eigenvalue weighted by atomic mass is 16.2. The molecule has 1 fully saturated rings. The van der Waals surface area contributed by atoms with Gasteiger partial charge in [0.15, 0.2) is 0 Å². The highest BCUT2D eigenvalue weighted by molar-refractivity contribution is 6.19. The Hall–Kier alpha value is -4.07. The molecule has 2 aromatic carbocycles. The van der Waals surface area contributed by atoms with Gasteiger partial charge in [0.05, 0.1) is 5.52 Å². The number of barbiturate groups is 1. The number of carbonyl (C=O) groups is 4. The van der Waals surface area contributed by atoms with E-state index in [4.69, 9.17) is 0 Å². The summed E-state index contributed by atoms with van der Waals surface area (Å²) >= 11 is 0. The smallest absolute Gasteiger partial charge is 0.328 e. The Morgan fingerprint density at radius 1 is 1.00 bits per heavy atom. The lowest BCUT2D eigenvalue weighted by molar-refractivity contribution is -0.142. The van der Waals surface area contributed by atoms with Gasteiger partial charge in [0.1, 0.15) is 5.41 Å². The van der Waals surface area contributed by atoms with E-state index in [1.165, 1.54) is 6.92 Å². The number of hydrogen-bond acceptors (Lipinski definition) is 5. The standard InChI is InChI=1S/C24H22N4O4/c1-14-11-17(18-5-3-4-6-19(18)26-14)12-15-7-9-16(10-8-15)20(29)25-13-24(2)21(30)27-23(32)28-22(24)31/h3-11H,12-13H2,1-2H3,(H,25,29)(H2,27,28,30,31,32). The first-order valence-electron chi connectivity index (χ1n) is 10.2. The molecule has 1 aliphatic rings. The molecular formula is C24H22N4O4. The SMILES string of the molecule is Cc1cc(Cc2ccc(C(=O)NCC3(C)C(=O)NC(=O)NC3=O)cc2)c2ccccc2n1. The number of pyridine rings is 1. The molecule has 1 aliphatic heterocycles. The molecule has 32 heavy (non-hydrogen) atoms. The van der Waals surface area contributed by atoms with E-state index in [0.717, 1.165) is 27.7 Å². The molecule has 0 unspecified atom stereocenters. The second kappa shape index (κ2) is 8.22. The molecule has 1 saturated heterocycles. The Labute approximate surface area is 184 Å². The Kier molecular flexibility index (Phi) is 5.44. The zero-order valence-electron chi connectivity index (χ0n) is 17.7. The fourth-order valence-electron chi connectivity index (χ4n) is 3.67. The van der Waals surface area contributed by atoms with Crippen molar-refractivity contribution >= 4 is 34.7 Å². The molecule has 0 bridgehead atoms. The van der Waals surface area contributed by atoms with E-state index in [1.807, 2.05) is 54.0 Å². The van der Waals surface area contributed by atoms with Crippen molar-refractivity contribution in [3.63, 3.8) is 0 Å². The highest BCUT2D eigenvalue weighted by Gasteiger charge is 2.46. The van der Waals surface area contributed by atoms with Crippen LogP contribution < -0.4 is 16.0 Å². The monoisotopic (exact) mass is 430 g/mol. The van der Waals surface area contributed by atoms with E-state index < -0.39 is 29.2 Å². The zero-order valence-corrected chi connectivity index (χ0v) is 17.7. The third kappa shape index (κ3) is 4.07. The van der Waals surface area contributed by atoms with Crippen molar-refractivity contribution in [3.05, 3.63) is 77.0 Å². The molecule has 0 spiro atoms. The van der Waals surface area contributed by atoms with Gasteiger partial charge in [-0.3, -0.25) is 30.0 Å². The number of nitrogens with one attached hydrogen (secondary N) is 3. The van der Waals surface area contributed by atoms with Gasteiger partial charge in [-0.25, -0.2) is 4.79 Å². The number of aryl methyl sites for hydroxylation is 1. The third-order valence-electron chi connectivity index (χ3n) is 5.60. The number of para-hydroxylation sites is 1. The lowest BCUT2D eigenvalue weighted by atomic mass is 9.86. The molecule has 8 nitrogen and oxygen atoms in total. The van der Waals surface area contributed by atoms with Crippen LogP contribution in [0.4, 0.5) is 4.79 Å². The normalized spacial score (nSPS) is 15.2. The Bertz CT molecular complexity index is 1230. The maximum atomic E-state index is 12.5. The second-order valence-corrected chi connectivity index (χ2v) is 8.07. The number of carbonyl (C=O) groups excluding carboxylic acids is 4. The van der Waals surface area contributed by atoms with Gasteiger partial charge >= 0.3 is 6.03 Å². The van der Waals surface area contributed by atoms with E-state index in [2.05, 4.69) is 16.4 Å². The number of benzene rings is 2. The number of amides is 5. The number of urea groups is 1. The zero-order chi connectivity index (χ0) is 22.9. The summed E-state index contributed by atoms with van der Waals surface area (Å²) in [6, 6.07) is 16.3. The van der Waals surface area contributed by atoms with Gasteiger partial charge in [-0.05, 0) is 55.7 Å². The predicted octanol–water partition coefficient (Wildman–Crippen LogP) is 2.24. The minimum atomic E-state index is -1.57. The molecule has 3 aromatic rings. The van der Waals surface area contributed by atoms with Crippen LogP contribution in [0.3, 0.4) is 0 Å². The minimum Gasteiger partial charge on any atom is -0.350 e. The first kappa shape index (κ1) is 21.2. The molecule has 4 rings (SSSR count). The summed E-state index contributed by atoms with van der Waals surface area (Å²) in [5.74, 6) is -1.91. The van der Waals surface area contributed by atoms with Gasteiger partial charge in [0.2, 0.25) is 11.8 Å². The van der Waals surface area contributed by atoms with Gasteiger partial charge in [-0.1, -0.05) is 30.3 Å². The lowest BCUT2D eigenvalue weighted by Gasteiger charge is -2.30. The first-order valence-corrected chi connectivity index (χ1v) is 10.2. The molecule has 2 heterocycles. The van der Waals surface area contributed by atoms with Crippen molar-refractivity contribution < 1.29 is 19.2 Å². The molecule has 1 aromatic heterocycles. The molecule has 8 heteroatoms. The van der Waals surface area contributed by atoms with Crippen molar-refractivity contribution in [1.29, 1.82) is 0 Å². The fraction of sp³-hybridized carbons (Fsp3) is 0.208. The fourth-order valence-corrected chi connectivity index (χ4v) is 3.67. The largest absolute Gasteiger partial charge is 0.350 e. The number of fused-ring (bicyclic) bond motifs is 1. The maximum Gasteiger partial charge on any atom is 0.328 e. The van der Waals surface area contributed by atoms with Crippen LogP contribution in [-0.2, 0) is 16.0 Å². The van der Waals surface area contributed by atoms with E-state index >= 15 is 0 Å². The van der Waals surface area contributed by atoms with E-state index in [9.17, 15) is 19.2 Å². The van der Waals surface area contributed by atoms with Crippen molar-refractivity contribution in [2.24, 2.45) is 5.41 Å². The first-order chi connectivity index (χ1) is 15.3. The van der Waals surface area contributed by atoms with Crippen LogP contribution >= 0.6 is 0 Å². The summed E-state index contributed by atoms with van der Waals surface area (Å²) in [4.78, 5) is 52.5. The average Bonchev–Trinajstić information content (AvgIpc) is 2.76. The topological polar surface area (TPSA) is 117 Å². The Balaban J connectivity index is 1.45. The van der Waals surface area contributed by atoms with Crippen molar-refractivity contribution in [3.8, 4) is 0 Å². The van der Waals surface area contributed by atoms with Crippen molar-refractivity contribution in [1.82, 2.24) is 20.9 Å². The summed E-state index contributed by atoms with van der Waals surface area (Å²) in [6.45, 7) is 3.10. The number of nitrogens with zero attached hydrogens (tertiary/aromatic N) is 1. The van der Waals surface area contributed by atoms with Crippen molar-refractivity contribution in [2.45, 2.75) is 20.3 Å². The van der Waals surface area contributed by atoms with Crippen LogP contribution in [0.1, 0.15) is 34.1 Å². The summed E-state index contributed by atoms with van der Waals surface area (Å²) < 4.78 is 0. The number of aromatic nitrogens is 1. The molecule has 5 amide bonds. The van der Waals surface area contributed by atoms with Crippen LogP contribution in [0.15, 0.2) is 54.6 Å². The van der Waals surface area contributed by atoms with Gasteiger partial charge < -0.3 is 5.32 Å². The molecule has 0 saturated carbocycles. The summed E-state index contributed by atoms with van der Waals surface area (Å²) in [7, 11) is 0. The number of rotatable bonds is 5. The Morgan fingerprint density at radius 2 is 1.66 bits per heavy atom. The predicted molar refractivity (Wildman–Crippen MR) is 118 cm³/mol. The molecule has 0 aliphatic carbocycles. The molecule has 0 atom stereocenters. The molecule has 3 N–H and O–H groups in total. The molecular weight excluding hydrogens is 408 g/mol. The van der Waals surface area contributed by atoms with E-state index in [0.29, 0.717) is 12.0 Å². The number of hydrogen-bond donors (Lipinski definition) is 3. The summed E-state index contributed by atoms with van der Waals surface area (Å²) in [6.07, 6.45) is 0.693. The maximum absolute atomic E-state index is 12.5. The quantitative estimate of drug-likeness (QED) is 0.537. The second-order valence-electron chi connectivity index (χ2n) is 8.07. The van der Waals surface area contributed by atoms with Crippen LogP contribution in [-0.4, -0.2) is 35.3 Å². The van der Waals surface area contributed by atoms with E-state index in [1.54, 1.807) is 12.1 Å². The van der Waals surface area contributed by atoms with Gasteiger partial charge in [0.25, 0.3) is 5.91 Å². The van der Waals surface area contributed by atoms with Gasteiger partial charge in [0, 0.05) is 23.2 Å². The third-order valence-corrected chi connectivity index (χ3v) is 5.60. The average molecular weight is 430 g/mol. The highest BCUT2D eigenvalue weighted by Crippen LogP contribution is 2.22. The van der Waals surface area contributed by atoms with Crippen LogP contribution in [0.5, 0.6) is 0 Å². The van der Waals surface area contributed by atoms with Crippen molar-refractivity contribution in [2.75, 3.05) is 6.54 Å². The summed E-state index contributed by atoms with van der Waals surface area (Å²) in [5, 5.41) is 7.79. The van der Waals surface area contributed by atoms with Crippen LogP contribution in [0.2, 0.25) is 0 Å². The Morgan fingerprint density at radius 3 is 2.34 bits per heavy atom. The van der Waals surface area contributed by atoms with Crippen LogP contribution in [0.25, 0.3) is 10.9 Å². The van der Waals surface area contributed by atoms with E-state index in [-0.39, 0.29) is 6.54 Å². The number of imide groups is 2. The summed E-state index contributed by atoms with van der Waals surface area (Å²) in [5.41, 5.74) is 2.92. The van der Waals surface area contributed by atoms with Gasteiger partial charge in [-0.2, -0.15) is 0 Å². The van der Waals surface area contributed by atoms with Gasteiger partial charge in [-0.15, -0.1) is 0 Å². The van der Waals surface area contributed by atoms with Crippen LogP contribution in [0, 0.1) is 12.3 Å². The lowest BCUT2D eigenvalue weighted by Crippen LogP contribution is -2.64. The molecule has 162 valence electrons. The molecule has 0 radical (unpaired) electrons.